The topological polar surface area (TPSA) is 61.9 Å². The molecule has 2 aliphatic heterocycles. The second-order valence-electron chi connectivity index (χ2n) is 7.38. The zero-order chi connectivity index (χ0) is 19.1. The van der Waals surface area contributed by atoms with E-state index < -0.39 is 0 Å². The molecule has 3 rings (SSSR count). The van der Waals surface area contributed by atoms with Crippen LogP contribution in [0.1, 0.15) is 55.8 Å². The Hall–Kier alpha value is -2.08. The smallest absolute Gasteiger partial charge is 0.321 e. The van der Waals surface area contributed by atoms with Crippen molar-refractivity contribution in [1.82, 2.24) is 9.80 Å². The van der Waals surface area contributed by atoms with E-state index in [1.54, 1.807) is 4.90 Å². The van der Waals surface area contributed by atoms with Gasteiger partial charge in [0.2, 0.25) is 0 Å². The summed E-state index contributed by atoms with van der Waals surface area (Å²) >= 11 is 0. The Kier molecular flexibility index (Phi) is 7.10. The normalized spacial score (nSPS) is 20.9. The van der Waals surface area contributed by atoms with E-state index in [0.717, 1.165) is 45.3 Å². The maximum atomic E-state index is 12.6. The minimum Gasteiger partial charge on any atom is -0.377 e. The molecule has 2 heterocycles. The number of urea groups is 1. The minimum atomic E-state index is -0.106. The van der Waals surface area contributed by atoms with Crippen LogP contribution in [0.15, 0.2) is 24.3 Å². The fraction of sp³-hybridized carbons (Fsp3) is 0.619. The number of amides is 3. The van der Waals surface area contributed by atoms with Crippen molar-refractivity contribution in [2.45, 2.75) is 51.6 Å². The van der Waals surface area contributed by atoms with Crippen LogP contribution in [-0.4, -0.2) is 60.6 Å². The third-order valence-corrected chi connectivity index (χ3v) is 5.34. The van der Waals surface area contributed by atoms with Gasteiger partial charge in [-0.25, -0.2) is 4.79 Å². The summed E-state index contributed by atoms with van der Waals surface area (Å²) in [6.45, 7) is 5.72. The first-order chi connectivity index (χ1) is 13.2. The number of hydrogen-bond acceptors (Lipinski definition) is 3. The lowest BCUT2D eigenvalue weighted by atomic mass is 10.1. The number of carbonyl (C=O) groups is 2. The Bertz CT molecular complexity index is 622. The molecule has 2 saturated heterocycles. The van der Waals surface area contributed by atoms with E-state index in [9.17, 15) is 9.59 Å². The van der Waals surface area contributed by atoms with Crippen LogP contribution in [0.25, 0.3) is 0 Å². The molecule has 1 N–H and O–H groups in total. The molecule has 6 heteroatoms. The second-order valence-corrected chi connectivity index (χ2v) is 7.38. The lowest BCUT2D eigenvalue weighted by molar-refractivity contribution is 0.0181. The van der Waals surface area contributed by atoms with E-state index in [-0.39, 0.29) is 18.0 Å². The van der Waals surface area contributed by atoms with Gasteiger partial charge in [-0.2, -0.15) is 0 Å². The van der Waals surface area contributed by atoms with Crippen molar-refractivity contribution in [3.63, 3.8) is 0 Å². The molecule has 0 saturated carbocycles. The Morgan fingerprint density at radius 3 is 2.33 bits per heavy atom. The van der Waals surface area contributed by atoms with Crippen molar-refractivity contribution in [3.8, 4) is 0 Å². The molecule has 6 nitrogen and oxygen atoms in total. The molecule has 0 aliphatic carbocycles. The molecule has 27 heavy (non-hydrogen) atoms. The van der Waals surface area contributed by atoms with Crippen LogP contribution in [0.4, 0.5) is 10.5 Å². The van der Waals surface area contributed by atoms with Crippen LogP contribution in [-0.2, 0) is 4.74 Å². The van der Waals surface area contributed by atoms with Gasteiger partial charge < -0.3 is 19.9 Å². The van der Waals surface area contributed by atoms with Gasteiger partial charge in [-0.1, -0.05) is 12.8 Å². The standard InChI is InChI=1S/C21H31N3O3/c1-2-27-19-8-7-15-24(16-19)21(26)22-18-11-9-17(10-12-18)20(25)23-13-5-3-4-6-14-23/h9-12,19H,2-8,13-16H2,1H3,(H,22,26). The number of nitrogens with one attached hydrogen (secondary N) is 1. The summed E-state index contributed by atoms with van der Waals surface area (Å²) in [5.41, 5.74) is 1.40. The SMILES string of the molecule is CCOC1CCCN(C(=O)Nc2ccc(C(=O)N3CCCCCC3)cc2)C1. The number of carbonyl (C=O) groups excluding carboxylic acids is 2. The third kappa shape index (κ3) is 5.45. The molecule has 2 aliphatic rings. The molecule has 0 radical (unpaired) electrons. The van der Waals surface area contributed by atoms with Gasteiger partial charge in [0.15, 0.2) is 0 Å². The molecular formula is C21H31N3O3. The van der Waals surface area contributed by atoms with Crippen molar-refractivity contribution >= 4 is 17.6 Å². The molecule has 1 unspecified atom stereocenters. The molecule has 0 aromatic heterocycles. The van der Waals surface area contributed by atoms with Crippen LogP contribution in [0, 0.1) is 0 Å². The lowest BCUT2D eigenvalue weighted by Gasteiger charge is -2.32. The van der Waals surface area contributed by atoms with Gasteiger partial charge in [0.05, 0.1) is 6.10 Å². The highest BCUT2D eigenvalue weighted by Crippen LogP contribution is 2.18. The Morgan fingerprint density at radius 1 is 1.00 bits per heavy atom. The van der Waals surface area contributed by atoms with Crippen molar-refractivity contribution < 1.29 is 14.3 Å². The van der Waals surface area contributed by atoms with Crippen LogP contribution >= 0.6 is 0 Å². The molecule has 1 aromatic rings. The molecule has 3 amide bonds. The Morgan fingerprint density at radius 2 is 1.67 bits per heavy atom. The summed E-state index contributed by atoms with van der Waals surface area (Å²) in [5.74, 6) is 0.0883. The Balaban J connectivity index is 1.55. The first-order valence-electron chi connectivity index (χ1n) is 10.2. The summed E-state index contributed by atoms with van der Waals surface area (Å²) in [4.78, 5) is 28.9. The summed E-state index contributed by atoms with van der Waals surface area (Å²) in [7, 11) is 0. The molecule has 0 bridgehead atoms. The highest BCUT2D eigenvalue weighted by atomic mass is 16.5. The second kappa shape index (κ2) is 9.74. The molecule has 148 valence electrons. The van der Waals surface area contributed by atoms with Gasteiger partial charge >= 0.3 is 6.03 Å². The van der Waals surface area contributed by atoms with E-state index in [1.165, 1.54) is 12.8 Å². The van der Waals surface area contributed by atoms with Crippen molar-refractivity contribution in [3.05, 3.63) is 29.8 Å². The summed E-state index contributed by atoms with van der Waals surface area (Å²) < 4.78 is 5.66. The summed E-state index contributed by atoms with van der Waals surface area (Å²) in [6.07, 6.45) is 6.66. The number of likely N-dealkylation sites (tertiary alicyclic amines) is 2. The van der Waals surface area contributed by atoms with Gasteiger partial charge in [-0.15, -0.1) is 0 Å². The number of benzene rings is 1. The summed E-state index contributed by atoms with van der Waals surface area (Å²) in [5, 5.41) is 2.94. The number of nitrogens with zero attached hydrogens (tertiary/aromatic N) is 2. The maximum Gasteiger partial charge on any atom is 0.321 e. The number of anilines is 1. The largest absolute Gasteiger partial charge is 0.377 e. The van der Waals surface area contributed by atoms with Crippen LogP contribution in [0.5, 0.6) is 0 Å². The van der Waals surface area contributed by atoms with Gasteiger partial charge in [0.1, 0.15) is 0 Å². The average molecular weight is 373 g/mol. The molecule has 1 aromatic carbocycles. The average Bonchev–Trinajstić information content (AvgIpc) is 2.98. The van der Waals surface area contributed by atoms with Crippen LogP contribution < -0.4 is 5.32 Å². The third-order valence-electron chi connectivity index (χ3n) is 5.34. The monoisotopic (exact) mass is 373 g/mol. The van der Waals surface area contributed by atoms with E-state index in [1.807, 2.05) is 36.1 Å². The maximum absolute atomic E-state index is 12.6. The predicted octanol–water partition coefficient (Wildman–Crippen LogP) is 3.74. The predicted molar refractivity (Wildman–Crippen MR) is 106 cm³/mol. The van der Waals surface area contributed by atoms with E-state index in [0.29, 0.717) is 24.4 Å². The van der Waals surface area contributed by atoms with Gasteiger partial charge in [0.25, 0.3) is 5.91 Å². The van der Waals surface area contributed by atoms with Crippen LogP contribution in [0.3, 0.4) is 0 Å². The van der Waals surface area contributed by atoms with Gasteiger partial charge in [-0.3, -0.25) is 4.79 Å². The molecular weight excluding hydrogens is 342 g/mol. The zero-order valence-electron chi connectivity index (χ0n) is 16.3. The fourth-order valence-electron chi connectivity index (χ4n) is 3.85. The summed E-state index contributed by atoms with van der Waals surface area (Å²) in [6, 6.07) is 7.13. The van der Waals surface area contributed by atoms with Crippen LogP contribution in [0.2, 0.25) is 0 Å². The van der Waals surface area contributed by atoms with Gasteiger partial charge in [-0.05, 0) is 56.9 Å². The van der Waals surface area contributed by atoms with E-state index in [2.05, 4.69) is 5.32 Å². The quantitative estimate of drug-likeness (QED) is 0.875. The number of piperidine rings is 1. The number of hydrogen-bond donors (Lipinski definition) is 1. The number of ether oxygens (including phenoxy) is 1. The van der Waals surface area contributed by atoms with Crippen molar-refractivity contribution in [2.24, 2.45) is 0 Å². The van der Waals surface area contributed by atoms with E-state index >= 15 is 0 Å². The molecule has 1 atom stereocenters. The Labute approximate surface area is 161 Å². The van der Waals surface area contributed by atoms with Gasteiger partial charge in [0, 0.05) is 44.0 Å². The highest BCUT2D eigenvalue weighted by molar-refractivity contribution is 5.95. The zero-order valence-corrected chi connectivity index (χ0v) is 16.3. The minimum absolute atomic E-state index is 0.0883. The lowest BCUT2D eigenvalue weighted by Crippen LogP contribution is -2.45. The first-order valence-corrected chi connectivity index (χ1v) is 10.2. The fourth-order valence-corrected chi connectivity index (χ4v) is 3.85. The number of rotatable bonds is 4. The van der Waals surface area contributed by atoms with E-state index in [4.69, 9.17) is 4.74 Å². The first kappa shape index (κ1) is 19.7. The van der Waals surface area contributed by atoms with Crippen molar-refractivity contribution in [2.75, 3.05) is 38.1 Å². The highest BCUT2D eigenvalue weighted by Gasteiger charge is 2.24. The molecule has 2 fully saturated rings. The molecule has 0 spiro atoms. The van der Waals surface area contributed by atoms with Crippen molar-refractivity contribution in [1.29, 1.82) is 0 Å².